The van der Waals surface area contributed by atoms with Crippen LogP contribution in [0.4, 0.5) is 11.4 Å². The number of nitrogens with zero attached hydrogens (tertiary/aromatic N) is 1. The summed E-state index contributed by atoms with van der Waals surface area (Å²) in [5, 5.41) is 6.16. The molecule has 6 heteroatoms. The van der Waals surface area contributed by atoms with Crippen LogP contribution in [0.5, 0.6) is 11.5 Å². The Morgan fingerprint density at radius 2 is 1.54 bits per heavy atom. The van der Waals surface area contributed by atoms with Crippen molar-refractivity contribution in [1.82, 2.24) is 10.3 Å². The minimum Gasteiger partial charge on any atom is -0.497 e. The Kier molecular flexibility index (Phi) is 6.46. The molecule has 0 fully saturated rings. The third-order valence-electron chi connectivity index (χ3n) is 4.23. The molecule has 0 spiro atoms. The first-order valence-corrected chi connectivity index (χ1v) is 8.96. The van der Waals surface area contributed by atoms with Crippen LogP contribution in [0.3, 0.4) is 0 Å². The van der Waals surface area contributed by atoms with E-state index in [1.165, 1.54) is 0 Å². The number of hydrogen-bond acceptors (Lipinski definition) is 5. The van der Waals surface area contributed by atoms with Gasteiger partial charge >= 0.3 is 0 Å². The van der Waals surface area contributed by atoms with E-state index >= 15 is 0 Å². The second-order valence-electron chi connectivity index (χ2n) is 6.14. The van der Waals surface area contributed by atoms with Crippen molar-refractivity contribution in [2.45, 2.75) is 6.42 Å². The number of rotatable bonds is 8. The predicted octanol–water partition coefficient (Wildman–Crippen LogP) is 3.81. The topological polar surface area (TPSA) is 72.5 Å². The number of amides is 1. The van der Waals surface area contributed by atoms with E-state index in [1.807, 2.05) is 54.6 Å². The summed E-state index contributed by atoms with van der Waals surface area (Å²) in [6.07, 6.45) is 2.35. The third-order valence-corrected chi connectivity index (χ3v) is 4.23. The average molecular weight is 377 g/mol. The molecule has 1 amide bonds. The van der Waals surface area contributed by atoms with Crippen molar-refractivity contribution in [2.75, 3.05) is 26.1 Å². The molecule has 0 atom stereocenters. The molecule has 0 aliphatic heterocycles. The van der Waals surface area contributed by atoms with E-state index in [0.717, 1.165) is 34.9 Å². The van der Waals surface area contributed by atoms with Gasteiger partial charge in [0.2, 0.25) is 0 Å². The first-order valence-electron chi connectivity index (χ1n) is 8.96. The van der Waals surface area contributed by atoms with Crippen LogP contribution >= 0.6 is 0 Å². The van der Waals surface area contributed by atoms with Crippen LogP contribution in [0.25, 0.3) is 0 Å². The smallest absolute Gasteiger partial charge is 0.269 e. The van der Waals surface area contributed by atoms with Gasteiger partial charge in [0.25, 0.3) is 5.91 Å². The summed E-state index contributed by atoms with van der Waals surface area (Å²) in [5.74, 6) is 1.40. The Balaban J connectivity index is 1.55. The minimum absolute atomic E-state index is 0.202. The van der Waals surface area contributed by atoms with Crippen LogP contribution in [0.1, 0.15) is 16.1 Å². The fourth-order valence-electron chi connectivity index (χ4n) is 2.68. The van der Waals surface area contributed by atoms with Gasteiger partial charge in [-0.15, -0.1) is 0 Å². The van der Waals surface area contributed by atoms with Crippen LogP contribution in [0.15, 0.2) is 66.9 Å². The molecule has 3 rings (SSSR count). The Hall–Kier alpha value is -3.54. The number of methoxy groups -OCH3 is 2. The Labute approximate surface area is 164 Å². The second kappa shape index (κ2) is 9.41. The average Bonchev–Trinajstić information content (AvgIpc) is 2.75. The fourth-order valence-corrected chi connectivity index (χ4v) is 2.68. The van der Waals surface area contributed by atoms with E-state index < -0.39 is 0 Å². The number of pyridine rings is 1. The quantitative estimate of drug-likeness (QED) is 0.624. The van der Waals surface area contributed by atoms with Crippen molar-refractivity contribution in [1.29, 1.82) is 0 Å². The molecule has 144 valence electrons. The zero-order valence-electron chi connectivity index (χ0n) is 15.9. The van der Waals surface area contributed by atoms with Crippen LogP contribution < -0.4 is 20.1 Å². The van der Waals surface area contributed by atoms with Gasteiger partial charge in [-0.05, 0) is 60.5 Å². The van der Waals surface area contributed by atoms with Crippen LogP contribution in [-0.4, -0.2) is 31.7 Å². The van der Waals surface area contributed by atoms with E-state index in [0.29, 0.717) is 12.2 Å². The van der Waals surface area contributed by atoms with Gasteiger partial charge in [0.1, 0.15) is 17.2 Å². The Morgan fingerprint density at radius 1 is 0.893 bits per heavy atom. The van der Waals surface area contributed by atoms with Crippen LogP contribution in [0.2, 0.25) is 0 Å². The normalized spacial score (nSPS) is 10.2. The van der Waals surface area contributed by atoms with Gasteiger partial charge in [-0.2, -0.15) is 0 Å². The maximum absolute atomic E-state index is 12.4. The molecule has 0 aliphatic rings. The first-order chi connectivity index (χ1) is 13.7. The van der Waals surface area contributed by atoms with Crippen molar-refractivity contribution >= 4 is 17.3 Å². The molecule has 0 aliphatic carbocycles. The molecule has 28 heavy (non-hydrogen) atoms. The molecule has 0 saturated carbocycles. The molecule has 1 aromatic heterocycles. The lowest BCUT2D eigenvalue weighted by molar-refractivity contribution is 0.0949. The number of benzene rings is 2. The molecule has 1 heterocycles. The molecular formula is C22H23N3O3. The molecule has 6 nitrogen and oxygen atoms in total. The van der Waals surface area contributed by atoms with Gasteiger partial charge in [-0.1, -0.05) is 12.1 Å². The highest BCUT2D eigenvalue weighted by atomic mass is 16.5. The largest absolute Gasteiger partial charge is 0.497 e. The van der Waals surface area contributed by atoms with Gasteiger partial charge in [0.15, 0.2) is 0 Å². The van der Waals surface area contributed by atoms with Gasteiger partial charge in [0.05, 0.1) is 14.2 Å². The van der Waals surface area contributed by atoms with Crippen LogP contribution in [-0.2, 0) is 6.42 Å². The highest BCUT2D eigenvalue weighted by Crippen LogP contribution is 2.20. The lowest BCUT2D eigenvalue weighted by Gasteiger charge is -2.09. The summed E-state index contributed by atoms with van der Waals surface area (Å²) >= 11 is 0. The Bertz CT molecular complexity index is 909. The molecule has 2 aromatic carbocycles. The minimum atomic E-state index is -0.202. The van der Waals surface area contributed by atoms with Crippen molar-refractivity contribution in [2.24, 2.45) is 0 Å². The lowest BCUT2D eigenvalue weighted by Crippen LogP contribution is -2.26. The van der Waals surface area contributed by atoms with E-state index in [-0.39, 0.29) is 5.91 Å². The number of carbonyl (C=O) groups is 1. The van der Waals surface area contributed by atoms with Gasteiger partial charge in [-0.3, -0.25) is 9.78 Å². The van der Waals surface area contributed by atoms with E-state index in [4.69, 9.17) is 9.47 Å². The number of ether oxygens (including phenoxy) is 2. The number of aromatic nitrogens is 1. The first kappa shape index (κ1) is 19.2. The van der Waals surface area contributed by atoms with E-state index in [1.54, 1.807) is 26.5 Å². The summed E-state index contributed by atoms with van der Waals surface area (Å²) in [6.45, 7) is 0.531. The van der Waals surface area contributed by atoms with Crippen molar-refractivity contribution < 1.29 is 14.3 Å². The van der Waals surface area contributed by atoms with Crippen LogP contribution in [0, 0.1) is 0 Å². The standard InChI is InChI=1S/C22H23N3O3/c1-27-19-7-3-16(4-8-19)11-13-24-22(26)21-15-18(12-14-23-21)25-17-5-9-20(28-2)10-6-17/h3-10,12,14-15H,11,13H2,1-2H3,(H,23,25)(H,24,26). The van der Waals surface area contributed by atoms with E-state index in [9.17, 15) is 4.79 Å². The third kappa shape index (κ3) is 5.23. The number of carbonyl (C=O) groups excluding carboxylic acids is 1. The number of nitrogens with one attached hydrogen (secondary N) is 2. The zero-order chi connectivity index (χ0) is 19.8. The molecule has 2 N–H and O–H groups in total. The monoisotopic (exact) mass is 377 g/mol. The molecule has 3 aromatic rings. The summed E-state index contributed by atoms with van der Waals surface area (Å²) in [6, 6.07) is 18.9. The summed E-state index contributed by atoms with van der Waals surface area (Å²) in [7, 11) is 3.27. The van der Waals surface area contributed by atoms with Crippen molar-refractivity contribution in [3.05, 3.63) is 78.1 Å². The maximum atomic E-state index is 12.4. The number of hydrogen-bond donors (Lipinski definition) is 2. The van der Waals surface area contributed by atoms with Gasteiger partial charge in [0, 0.05) is 24.1 Å². The fraction of sp³-hybridized carbons (Fsp3) is 0.182. The highest BCUT2D eigenvalue weighted by molar-refractivity contribution is 5.93. The molecular weight excluding hydrogens is 354 g/mol. The van der Waals surface area contributed by atoms with Gasteiger partial charge < -0.3 is 20.1 Å². The Morgan fingerprint density at radius 3 is 2.18 bits per heavy atom. The summed E-state index contributed by atoms with van der Waals surface area (Å²) < 4.78 is 10.3. The summed E-state index contributed by atoms with van der Waals surface area (Å²) in [5.41, 5.74) is 3.19. The highest BCUT2D eigenvalue weighted by Gasteiger charge is 2.08. The second-order valence-corrected chi connectivity index (χ2v) is 6.14. The van der Waals surface area contributed by atoms with Crippen molar-refractivity contribution in [3.8, 4) is 11.5 Å². The molecule has 0 bridgehead atoms. The molecule has 0 unspecified atom stereocenters. The predicted molar refractivity (Wildman–Crippen MR) is 110 cm³/mol. The van der Waals surface area contributed by atoms with Gasteiger partial charge in [-0.25, -0.2) is 0 Å². The summed E-state index contributed by atoms with van der Waals surface area (Å²) in [4.78, 5) is 16.6. The zero-order valence-corrected chi connectivity index (χ0v) is 15.9. The van der Waals surface area contributed by atoms with Crippen molar-refractivity contribution in [3.63, 3.8) is 0 Å². The number of anilines is 2. The molecule has 0 radical (unpaired) electrons. The maximum Gasteiger partial charge on any atom is 0.269 e. The lowest BCUT2D eigenvalue weighted by atomic mass is 10.1. The molecule has 0 saturated heterocycles. The SMILES string of the molecule is COc1ccc(CCNC(=O)c2cc(Nc3ccc(OC)cc3)ccn2)cc1. The van der Waals surface area contributed by atoms with E-state index in [2.05, 4.69) is 15.6 Å².